The molecule has 9 nitrogen and oxygen atoms in total. The number of hydrogen-bond donors (Lipinski definition) is 1. The lowest BCUT2D eigenvalue weighted by Crippen LogP contribution is -2.32. The van der Waals surface area contributed by atoms with E-state index in [2.05, 4.69) is 5.32 Å². The van der Waals surface area contributed by atoms with Crippen molar-refractivity contribution in [1.82, 2.24) is 4.31 Å². The maximum absolute atomic E-state index is 12.9. The van der Waals surface area contributed by atoms with Crippen molar-refractivity contribution in [2.24, 2.45) is 0 Å². The zero-order chi connectivity index (χ0) is 25.8. The first-order chi connectivity index (χ1) is 16.4. The van der Waals surface area contributed by atoms with Crippen molar-refractivity contribution in [3.05, 3.63) is 47.5 Å². The Kier molecular flexibility index (Phi) is 8.45. The number of rotatable bonds is 10. The van der Waals surface area contributed by atoms with E-state index in [9.17, 15) is 21.6 Å². The predicted octanol–water partition coefficient (Wildman–Crippen LogP) is 3.28. The van der Waals surface area contributed by atoms with Crippen molar-refractivity contribution >= 4 is 37.3 Å². The zero-order valence-electron chi connectivity index (χ0n) is 20.6. The fourth-order valence-electron chi connectivity index (χ4n) is 4.09. The Balaban J connectivity index is 1.71. The van der Waals surface area contributed by atoms with Gasteiger partial charge >= 0.3 is 0 Å². The minimum Gasteiger partial charge on any atom is -0.495 e. The van der Waals surface area contributed by atoms with Gasteiger partial charge in [-0.15, -0.1) is 0 Å². The highest BCUT2D eigenvalue weighted by atomic mass is 32.2. The molecule has 1 aliphatic rings. The highest BCUT2D eigenvalue weighted by molar-refractivity contribution is 7.92. The third-order valence-electron chi connectivity index (χ3n) is 6.16. The highest BCUT2D eigenvalue weighted by Gasteiger charge is 2.28. The Bertz CT molecular complexity index is 1290. The Morgan fingerprint density at radius 3 is 2.40 bits per heavy atom. The summed E-state index contributed by atoms with van der Waals surface area (Å²) in [4.78, 5) is 12.8. The molecule has 35 heavy (non-hydrogen) atoms. The van der Waals surface area contributed by atoms with Crippen molar-refractivity contribution in [2.45, 2.75) is 44.4 Å². The summed E-state index contributed by atoms with van der Waals surface area (Å²) in [6.07, 6.45) is 3.12. The van der Waals surface area contributed by atoms with E-state index in [1.54, 1.807) is 12.1 Å². The van der Waals surface area contributed by atoms with Crippen LogP contribution in [-0.4, -0.2) is 60.0 Å². The van der Waals surface area contributed by atoms with E-state index in [1.165, 1.54) is 33.9 Å². The van der Waals surface area contributed by atoms with Crippen LogP contribution in [0.2, 0.25) is 0 Å². The minimum absolute atomic E-state index is 0.0448. The number of carbonyl (C=O) groups excluding carboxylic acids is 1. The molecule has 0 atom stereocenters. The second-order valence-corrected chi connectivity index (χ2v) is 12.5. The third-order valence-corrected chi connectivity index (χ3v) is 9.23. The number of ether oxygens (including phenoxy) is 1. The van der Waals surface area contributed by atoms with Gasteiger partial charge in [-0.25, -0.2) is 16.8 Å². The second-order valence-electron chi connectivity index (χ2n) is 8.68. The summed E-state index contributed by atoms with van der Waals surface area (Å²) < 4.78 is 58.7. The SMILES string of the molecule is COc1ccc(S(=O)(=O)N2CCCC2)cc1NC(=O)CCCN(c1cccc(C)c1C)S(C)(=O)=O. The van der Waals surface area contributed by atoms with Gasteiger partial charge in [0, 0.05) is 26.1 Å². The first-order valence-corrected chi connectivity index (χ1v) is 14.8. The van der Waals surface area contributed by atoms with E-state index in [1.807, 2.05) is 19.9 Å². The van der Waals surface area contributed by atoms with Crippen molar-refractivity contribution in [3.8, 4) is 5.75 Å². The van der Waals surface area contributed by atoms with E-state index in [0.717, 1.165) is 30.2 Å². The Labute approximate surface area is 208 Å². The molecule has 192 valence electrons. The molecule has 1 fully saturated rings. The van der Waals surface area contributed by atoms with E-state index in [-0.39, 0.29) is 35.9 Å². The quantitative estimate of drug-likeness (QED) is 0.511. The standard InChI is InChI=1S/C24H33N3O6S2/c1-18-9-7-10-22(19(18)2)27(34(4,29)30)16-8-11-24(28)25-21-17-20(12-13-23(21)33-3)35(31,32)26-14-5-6-15-26/h7,9-10,12-13,17H,5-6,8,11,14-16H2,1-4H3,(H,25,28). The molecule has 0 aliphatic carbocycles. The fourth-order valence-corrected chi connectivity index (χ4v) is 6.65. The summed E-state index contributed by atoms with van der Waals surface area (Å²) in [6, 6.07) is 9.86. The van der Waals surface area contributed by atoms with Crippen LogP contribution in [0, 0.1) is 13.8 Å². The van der Waals surface area contributed by atoms with Crippen LogP contribution in [0.25, 0.3) is 0 Å². The lowest BCUT2D eigenvalue weighted by Gasteiger charge is -2.25. The Morgan fingerprint density at radius 1 is 1.09 bits per heavy atom. The van der Waals surface area contributed by atoms with Crippen molar-refractivity contribution < 1.29 is 26.4 Å². The molecule has 0 spiro atoms. The van der Waals surface area contributed by atoms with Gasteiger partial charge in [-0.1, -0.05) is 12.1 Å². The number of nitrogens with one attached hydrogen (secondary N) is 1. The molecule has 1 N–H and O–H groups in total. The van der Waals surface area contributed by atoms with Crippen LogP contribution < -0.4 is 14.4 Å². The number of sulfonamides is 2. The van der Waals surface area contributed by atoms with Crippen LogP contribution in [0.3, 0.4) is 0 Å². The van der Waals surface area contributed by atoms with E-state index in [0.29, 0.717) is 24.5 Å². The summed E-state index contributed by atoms with van der Waals surface area (Å²) in [5.41, 5.74) is 2.69. The van der Waals surface area contributed by atoms with Gasteiger partial charge in [-0.3, -0.25) is 9.10 Å². The molecule has 11 heteroatoms. The molecular weight excluding hydrogens is 490 g/mol. The molecule has 3 rings (SSSR count). The van der Waals surface area contributed by atoms with E-state index < -0.39 is 20.0 Å². The molecule has 2 aromatic carbocycles. The van der Waals surface area contributed by atoms with Gasteiger partial charge in [-0.05, 0) is 68.5 Å². The van der Waals surface area contributed by atoms with Gasteiger partial charge in [0.05, 0.1) is 29.6 Å². The number of aryl methyl sites for hydroxylation is 1. The van der Waals surface area contributed by atoms with Gasteiger partial charge in [0.2, 0.25) is 26.0 Å². The van der Waals surface area contributed by atoms with Crippen LogP contribution in [0.1, 0.15) is 36.8 Å². The molecule has 1 heterocycles. The maximum Gasteiger partial charge on any atom is 0.243 e. The number of benzene rings is 2. The lowest BCUT2D eigenvalue weighted by molar-refractivity contribution is -0.116. The molecule has 0 saturated carbocycles. The number of anilines is 2. The second kappa shape index (κ2) is 11.0. The Morgan fingerprint density at radius 2 is 1.77 bits per heavy atom. The molecular formula is C24H33N3O6S2. The molecule has 1 aliphatic heterocycles. The molecule has 0 bridgehead atoms. The lowest BCUT2D eigenvalue weighted by atomic mass is 10.1. The third kappa shape index (κ3) is 6.33. The van der Waals surface area contributed by atoms with Gasteiger partial charge in [0.25, 0.3) is 0 Å². The molecule has 1 amide bonds. The summed E-state index contributed by atoms with van der Waals surface area (Å²) in [7, 11) is -5.76. The van der Waals surface area contributed by atoms with E-state index in [4.69, 9.17) is 4.74 Å². The largest absolute Gasteiger partial charge is 0.495 e. The number of amides is 1. The number of hydrogen-bond acceptors (Lipinski definition) is 6. The highest BCUT2D eigenvalue weighted by Crippen LogP contribution is 2.30. The number of methoxy groups -OCH3 is 1. The summed E-state index contributed by atoms with van der Waals surface area (Å²) in [6.45, 7) is 4.88. The van der Waals surface area contributed by atoms with Crippen molar-refractivity contribution in [2.75, 3.05) is 42.6 Å². The van der Waals surface area contributed by atoms with Gasteiger partial charge < -0.3 is 10.1 Å². The van der Waals surface area contributed by atoms with Gasteiger partial charge in [0.15, 0.2) is 0 Å². The van der Waals surface area contributed by atoms with Crippen LogP contribution in [-0.2, 0) is 24.8 Å². The van der Waals surface area contributed by atoms with Crippen molar-refractivity contribution in [3.63, 3.8) is 0 Å². The average Bonchev–Trinajstić information content (AvgIpc) is 3.34. The molecule has 0 unspecified atom stereocenters. The topological polar surface area (TPSA) is 113 Å². The molecule has 0 aromatic heterocycles. The molecule has 2 aromatic rings. The normalized spacial score (nSPS) is 14.6. The summed E-state index contributed by atoms with van der Waals surface area (Å²) in [5.74, 6) is -0.0275. The van der Waals surface area contributed by atoms with Crippen LogP contribution in [0.4, 0.5) is 11.4 Å². The number of nitrogens with zero attached hydrogens (tertiary/aromatic N) is 2. The summed E-state index contributed by atoms with van der Waals surface area (Å²) in [5, 5.41) is 2.72. The average molecular weight is 524 g/mol. The first-order valence-electron chi connectivity index (χ1n) is 11.5. The van der Waals surface area contributed by atoms with Gasteiger partial charge in [-0.2, -0.15) is 4.31 Å². The first kappa shape index (κ1) is 27.0. The summed E-state index contributed by atoms with van der Waals surface area (Å²) >= 11 is 0. The molecule has 0 radical (unpaired) electrons. The smallest absolute Gasteiger partial charge is 0.243 e. The van der Waals surface area contributed by atoms with Gasteiger partial charge in [0.1, 0.15) is 5.75 Å². The van der Waals surface area contributed by atoms with Crippen molar-refractivity contribution in [1.29, 1.82) is 0 Å². The predicted molar refractivity (Wildman–Crippen MR) is 137 cm³/mol. The monoisotopic (exact) mass is 523 g/mol. The maximum atomic E-state index is 12.9. The molecule has 1 saturated heterocycles. The Hall–Kier alpha value is -2.63. The minimum atomic E-state index is -3.65. The zero-order valence-corrected chi connectivity index (χ0v) is 22.2. The van der Waals surface area contributed by atoms with E-state index >= 15 is 0 Å². The fraction of sp³-hybridized carbons (Fsp3) is 0.458. The van der Waals surface area contributed by atoms with Crippen LogP contribution in [0.5, 0.6) is 5.75 Å². The van der Waals surface area contributed by atoms with Crippen LogP contribution in [0.15, 0.2) is 41.3 Å². The number of carbonyl (C=O) groups is 1. The van der Waals surface area contributed by atoms with Crippen LogP contribution >= 0.6 is 0 Å².